The van der Waals surface area contributed by atoms with Crippen molar-refractivity contribution in [2.45, 2.75) is 31.2 Å². The maximum Gasteiger partial charge on any atom is 0.301 e. The van der Waals surface area contributed by atoms with Crippen LogP contribution in [0.1, 0.15) is 30.2 Å². The highest BCUT2D eigenvalue weighted by molar-refractivity contribution is 7.89. The van der Waals surface area contributed by atoms with E-state index in [0.29, 0.717) is 28.9 Å². The molecule has 5 rings (SSSR count). The summed E-state index contributed by atoms with van der Waals surface area (Å²) in [5.74, 6) is -3.24. The molecule has 0 bridgehead atoms. The van der Waals surface area contributed by atoms with E-state index in [0.717, 1.165) is 0 Å². The maximum atomic E-state index is 15.3. The van der Waals surface area contributed by atoms with Gasteiger partial charge in [-0.3, -0.25) is 0 Å². The average molecular weight is 417 g/mol. The summed E-state index contributed by atoms with van der Waals surface area (Å²) < 4.78 is 57.8. The molecule has 7 nitrogen and oxygen atoms in total. The summed E-state index contributed by atoms with van der Waals surface area (Å²) in [7, 11) is -3.40. The topological polar surface area (TPSA) is 91.9 Å². The smallest absolute Gasteiger partial charge is 0.301 e. The van der Waals surface area contributed by atoms with E-state index in [9.17, 15) is 13.7 Å². The summed E-state index contributed by atoms with van der Waals surface area (Å²) in [6.07, 6.45) is 6.17. The van der Waals surface area contributed by atoms with Crippen molar-refractivity contribution >= 4 is 15.6 Å². The molecule has 29 heavy (non-hydrogen) atoms. The zero-order valence-electron chi connectivity index (χ0n) is 15.6. The molecule has 0 N–H and O–H groups in total. The molecule has 1 aliphatic heterocycles. The molecule has 0 unspecified atom stereocenters. The van der Waals surface area contributed by atoms with Gasteiger partial charge in [-0.15, -0.1) is 0 Å². The van der Waals surface area contributed by atoms with Crippen molar-refractivity contribution in [3.8, 4) is 17.3 Å². The van der Waals surface area contributed by atoms with Crippen LogP contribution in [0.2, 0.25) is 0 Å². The van der Waals surface area contributed by atoms with E-state index >= 15 is 8.78 Å². The highest BCUT2D eigenvalue weighted by Crippen LogP contribution is 2.55. The molecule has 10 heteroatoms. The van der Waals surface area contributed by atoms with Crippen LogP contribution in [0.15, 0.2) is 24.8 Å². The van der Waals surface area contributed by atoms with E-state index in [1.54, 1.807) is 17.7 Å². The number of aromatic nitrogens is 3. The van der Waals surface area contributed by atoms with Crippen molar-refractivity contribution in [3.63, 3.8) is 0 Å². The number of alkyl halides is 2. The van der Waals surface area contributed by atoms with E-state index in [2.05, 4.69) is 16.0 Å². The number of hydrogen-bond donors (Lipinski definition) is 0. The van der Waals surface area contributed by atoms with Crippen molar-refractivity contribution in [1.29, 1.82) is 5.26 Å². The summed E-state index contributed by atoms with van der Waals surface area (Å²) >= 11 is 0. The van der Waals surface area contributed by atoms with Gasteiger partial charge in [0.05, 0.1) is 40.7 Å². The lowest BCUT2D eigenvalue weighted by Gasteiger charge is -2.49. The number of hydrogen-bond acceptors (Lipinski definition) is 5. The Bertz CT molecular complexity index is 1220. The third-order valence-electron chi connectivity index (χ3n) is 6.11. The lowest BCUT2D eigenvalue weighted by molar-refractivity contribution is 0.0610. The monoisotopic (exact) mass is 417 g/mol. The van der Waals surface area contributed by atoms with E-state index < -0.39 is 21.5 Å². The molecule has 0 aromatic carbocycles. The second-order valence-electron chi connectivity index (χ2n) is 7.66. The fourth-order valence-electron chi connectivity index (χ4n) is 4.47. The molecular weight excluding hydrogens is 400 g/mol. The maximum absolute atomic E-state index is 15.3. The molecule has 0 spiro atoms. The predicted octanol–water partition coefficient (Wildman–Crippen LogP) is 2.26. The third kappa shape index (κ3) is 2.31. The fourth-order valence-corrected chi connectivity index (χ4v) is 5.70. The molecule has 0 radical (unpaired) electrons. The Morgan fingerprint density at radius 3 is 2.72 bits per heavy atom. The van der Waals surface area contributed by atoms with Gasteiger partial charge in [0.2, 0.25) is 10.0 Å². The molecule has 2 aliphatic carbocycles. The normalized spacial score (nSPS) is 21.0. The van der Waals surface area contributed by atoms with Gasteiger partial charge in [-0.05, 0) is 6.92 Å². The van der Waals surface area contributed by atoms with Gasteiger partial charge in [0, 0.05) is 48.6 Å². The number of nitrogens with zero attached hydrogens (tertiary/aromatic N) is 5. The molecular formula is C19H17F2N5O2S. The molecule has 1 fully saturated rings. The van der Waals surface area contributed by atoms with Crippen LogP contribution in [0.4, 0.5) is 8.78 Å². The van der Waals surface area contributed by atoms with Crippen LogP contribution in [0, 0.1) is 11.3 Å². The first-order valence-electron chi connectivity index (χ1n) is 9.24. The third-order valence-corrected chi connectivity index (χ3v) is 7.88. The predicted molar refractivity (Wildman–Crippen MR) is 100 cm³/mol. The van der Waals surface area contributed by atoms with Gasteiger partial charge < -0.3 is 4.57 Å². The lowest BCUT2D eigenvalue weighted by Crippen LogP contribution is -2.63. The van der Waals surface area contributed by atoms with Gasteiger partial charge in [-0.2, -0.15) is 18.3 Å². The van der Waals surface area contributed by atoms with Crippen molar-refractivity contribution in [1.82, 2.24) is 18.8 Å². The van der Waals surface area contributed by atoms with Crippen LogP contribution in [0.5, 0.6) is 0 Å². The SMILES string of the molecule is CCS(=O)(=O)N1CC(CC#N)(n2cc3c(c2)C(F)(F)C2=CCc4ncnc-3c42)C1. The van der Waals surface area contributed by atoms with Gasteiger partial charge >= 0.3 is 5.92 Å². The highest BCUT2D eigenvalue weighted by atomic mass is 32.2. The van der Waals surface area contributed by atoms with Crippen LogP contribution in [0.3, 0.4) is 0 Å². The Morgan fingerprint density at radius 2 is 2.03 bits per heavy atom. The Hall–Kier alpha value is -2.64. The Labute approximate surface area is 166 Å². The molecule has 3 heterocycles. The summed E-state index contributed by atoms with van der Waals surface area (Å²) in [6.45, 7) is 1.72. The van der Waals surface area contributed by atoms with Crippen LogP contribution in [0.25, 0.3) is 16.8 Å². The molecule has 3 aliphatic rings. The van der Waals surface area contributed by atoms with Crippen molar-refractivity contribution in [2.75, 3.05) is 18.8 Å². The first kappa shape index (κ1) is 18.4. The molecule has 1 saturated heterocycles. The standard InChI is InChI=1S/C19H17F2N5O2S/c1-2-29(27,28)26-9-18(10-26,5-6-22)25-7-12-14(8-25)19(20,21)13-3-4-15-16(13)17(12)24-11-23-15/h3,7-8,11H,2,4-5,9-10H2,1H3. The van der Waals surface area contributed by atoms with Crippen LogP contribution in [-0.2, 0) is 27.9 Å². The number of allylic oxidation sites excluding steroid dienone is 2. The molecule has 0 atom stereocenters. The number of sulfonamides is 1. The zero-order valence-corrected chi connectivity index (χ0v) is 16.4. The van der Waals surface area contributed by atoms with Crippen LogP contribution in [-0.4, -0.2) is 46.1 Å². The molecule has 0 amide bonds. The van der Waals surface area contributed by atoms with Gasteiger partial charge in [0.25, 0.3) is 0 Å². The Morgan fingerprint density at radius 1 is 1.28 bits per heavy atom. The van der Waals surface area contributed by atoms with Gasteiger partial charge in [-0.1, -0.05) is 6.08 Å². The average Bonchev–Trinajstić information content (AvgIpc) is 3.29. The highest BCUT2D eigenvalue weighted by Gasteiger charge is 2.52. The van der Waals surface area contributed by atoms with Gasteiger partial charge in [0.15, 0.2) is 0 Å². The Kier molecular flexibility index (Phi) is 3.62. The van der Waals surface area contributed by atoms with Gasteiger partial charge in [-0.25, -0.2) is 18.4 Å². The second kappa shape index (κ2) is 5.70. The summed E-state index contributed by atoms with van der Waals surface area (Å²) in [5, 5.41) is 9.32. The fraction of sp³-hybridized carbons (Fsp3) is 0.421. The minimum absolute atomic E-state index is 0.0203. The van der Waals surface area contributed by atoms with Gasteiger partial charge in [0.1, 0.15) is 6.33 Å². The van der Waals surface area contributed by atoms with E-state index in [4.69, 9.17) is 0 Å². The second-order valence-corrected chi connectivity index (χ2v) is 9.92. The minimum Gasteiger partial charge on any atom is -0.343 e. The van der Waals surface area contributed by atoms with Crippen molar-refractivity contribution in [3.05, 3.63) is 41.6 Å². The Balaban J connectivity index is 1.63. The molecule has 0 saturated carbocycles. The molecule has 2 aromatic rings. The number of nitriles is 1. The first-order chi connectivity index (χ1) is 13.7. The molecule has 150 valence electrons. The summed E-state index contributed by atoms with van der Waals surface area (Å²) in [5.41, 5.74) is 0.627. The van der Waals surface area contributed by atoms with Crippen LogP contribution >= 0.6 is 0 Å². The number of halogens is 2. The van der Waals surface area contributed by atoms with Crippen molar-refractivity contribution < 1.29 is 17.2 Å². The zero-order chi connectivity index (χ0) is 20.6. The van der Waals surface area contributed by atoms with Crippen LogP contribution < -0.4 is 0 Å². The lowest BCUT2D eigenvalue weighted by atomic mass is 9.86. The van der Waals surface area contributed by atoms with Crippen molar-refractivity contribution in [2.24, 2.45) is 0 Å². The molecule has 2 aromatic heterocycles. The number of fused-ring (bicyclic) bond motifs is 2. The first-order valence-corrected chi connectivity index (χ1v) is 10.9. The largest absolute Gasteiger partial charge is 0.343 e. The van der Waals surface area contributed by atoms with E-state index in [-0.39, 0.29) is 36.4 Å². The van der Waals surface area contributed by atoms with E-state index in [1.807, 2.05) is 0 Å². The number of rotatable bonds is 4. The summed E-state index contributed by atoms with van der Waals surface area (Å²) in [4.78, 5) is 8.39. The van der Waals surface area contributed by atoms with E-state index in [1.165, 1.54) is 22.9 Å². The quantitative estimate of drug-likeness (QED) is 0.761. The minimum atomic E-state index is -3.40. The summed E-state index contributed by atoms with van der Waals surface area (Å²) in [6, 6.07) is 2.08.